The first-order chi connectivity index (χ1) is 9.99. The number of aromatic hydroxyl groups is 1. The Morgan fingerprint density at radius 3 is 2.67 bits per heavy atom. The van der Waals surface area contributed by atoms with Crippen LogP contribution < -0.4 is 5.32 Å². The molecule has 4 nitrogen and oxygen atoms in total. The SMILES string of the molecule is CN(C)C(=O)c1cccc(NCc2cccc(F)c2O)c1. The number of carbonyl (C=O) groups is 1. The maximum atomic E-state index is 13.2. The molecule has 0 aliphatic rings. The van der Waals surface area contributed by atoms with Crippen LogP contribution >= 0.6 is 0 Å². The van der Waals surface area contributed by atoms with Crippen molar-refractivity contribution in [2.45, 2.75) is 6.54 Å². The monoisotopic (exact) mass is 288 g/mol. The van der Waals surface area contributed by atoms with Crippen molar-refractivity contribution in [2.75, 3.05) is 19.4 Å². The van der Waals surface area contributed by atoms with Crippen LogP contribution in [0.5, 0.6) is 5.75 Å². The van der Waals surface area contributed by atoms with E-state index in [1.165, 1.54) is 17.0 Å². The minimum absolute atomic E-state index is 0.0905. The Kier molecular flexibility index (Phi) is 4.42. The molecule has 0 heterocycles. The molecular weight excluding hydrogens is 271 g/mol. The van der Waals surface area contributed by atoms with Gasteiger partial charge in [0.1, 0.15) is 0 Å². The molecule has 2 aromatic carbocycles. The highest BCUT2D eigenvalue weighted by Crippen LogP contribution is 2.22. The van der Waals surface area contributed by atoms with E-state index in [0.717, 1.165) is 5.69 Å². The lowest BCUT2D eigenvalue weighted by atomic mass is 10.1. The van der Waals surface area contributed by atoms with Gasteiger partial charge >= 0.3 is 0 Å². The fourth-order valence-corrected chi connectivity index (χ4v) is 1.92. The molecule has 0 spiro atoms. The van der Waals surface area contributed by atoms with Gasteiger partial charge in [-0.3, -0.25) is 4.79 Å². The lowest BCUT2D eigenvalue weighted by Crippen LogP contribution is -2.21. The van der Waals surface area contributed by atoms with Crippen molar-refractivity contribution in [1.82, 2.24) is 4.90 Å². The summed E-state index contributed by atoms with van der Waals surface area (Å²) in [6, 6.07) is 11.4. The average Bonchev–Trinajstić information content (AvgIpc) is 2.48. The van der Waals surface area contributed by atoms with Gasteiger partial charge in [0.15, 0.2) is 11.6 Å². The average molecular weight is 288 g/mol. The number of halogens is 1. The molecule has 110 valence electrons. The number of amides is 1. The first-order valence-electron chi connectivity index (χ1n) is 6.51. The molecule has 0 aliphatic heterocycles. The van der Waals surface area contributed by atoms with E-state index in [1.807, 2.05) is 6.07 Å². The van der Waals surface area contributed by atoms with Gasteiger partial charge in [-0.05, 0) is 24.3 Å². The minimum Gasteiger partial charge on any atom is -0.505 e. The topological polar surface area (TPSA) is 52.6 Å². The van der Waals surface area contributed by atoms with Crippen molar-refractivity contribution in [3.63, 3.8) is 0 Å². The number of carbonyl (C=O) groups excluding carboxylic acids is 1. The summed E-state index contributed by atoms with van der Waals surface area (Å²) in [5, 5.41) is 12.7. The Labute approximate surface area is 122 Å². The normalized spacial score (nSPS) is 10.2. The summed E-state index contributed by atoms with van der Waals surface area (Å²) in [5.41, 5.74) is 1.75. The molecule has 0 aliphatic carbocycles. The molecular formula is C16H17FN2O2. The number of nitrogens with one attached hydrogen (secondary N) is 1. The van der Waals surface area contributed by atoms with E-state index >= 15 is 0 Å². The summed E-state index contributed by atoms with van der Waals surface area (Å²) in [4.78, 5) is 13.4. The number of benzene rings is 2. The largest absolute Gasteiger partial charge is 0.505 e. The fraction of sp³-hybridized carbons (Fsp3) is 0.188. The highest BCUT2D eigenvalue weighted by Gasteiger charge is 2.09. The van der Waals surface area contributed by atoms with Crippen LogP contribution in [0.2, 0.25) is 0 Å². The quantitative estimate of drug-likeness (QED) is 0.909. The number of anilines is 1. The third kappa shape index (κ3) is 3.51. The molecule has 0 atom stereocenters. The molecule has 21 heavy (non-hydrogen) atoms. The van der Waals surface area contributed by atoms with E-state index in [4.69, 9.17) is 0 Å². The van der Waals surface area contributed by atoms with Gasteiger partial charge in [0.2, 0.25) is 0 Å². The summed E-state index contributed by atoms with van der Waals surface area (Å²) < 4.78 is 13.2. The highest BCUT2D eigenvalue weighted by atomic mass is 19.1. The highest BCUT2D eigenvalue weighted by molar-refractivity contribution is 5.94. The van der Waals surface area contributed by atoms with Gasteiger partial charge in [-0.1, -0.05) is 18.2 Å². The third-order valence-corrected chi connectivity index (χ3v) is 3.07. The van der Waals surface area contributed by atoms with Crippen molar-refractivity contribution in [3.05, 3.63) is 59.4 Å². The van der Waals surface area contributed by atoms with Gasteiger partial charge in [0, 0.05) is 37.5 Å². The molecule has 2 N–H and O–H groups in total. The van der Waals surface area contributed by atoms with E-state index in [9.17, 15) is 14.3 Å². The van der Waals surface area contributed by atoms with Crippen LogP contribution in [-0.4, -0.2) is 30.0 Å². The van der Waals surface area contributed by atoms with Crippen molar-refractivity contribution >= 4 is 11.6 Å². The van der Waals surface area contributed by atoms with E-state index in [0.29, 0.717) is 11.1 Å². The summed E-state index contributed by atoms with van der Waals surface area (Å²) in [6.45, 7) is 0.267. The van der Waals surface area contributed by atoms with Gasteiger partial charge < -0.3 is 15.3 Å². The van der Waals surface area contributed by atoms with Crippen LogP contribution in [0.4, 0.5) is 10.1 Å². The van der Waals surface area contributed by atoms with Gasteiger partial charge in [0.05, 0.1) is 0 Å². The maximum absolute atomic E-state index is 13.2. The lowest BCUT2D eigenvalue weighted by molar-refractivity contribution is 0.0827. The first kappa shape index (κ1) is 14.8. The Balaban J connectivity index is 2.12. The predicted molar refractivity (Wildman–Crippen MR) is 79.9 cm³/mol. The summed E-state index contributed by atoms with van der Waals surface area (Å²) in [5.74, 6) is -1.09. The zero-order chi connectivity index (χ0) is 15.4. The molecule has 2 aromatic rings. The predicted octanol–water partition coefficient (Wildman–Crippen LogP) is 2.85. The molecule has 0 fully saturated rings. The first-order valence-corrected chi connectivity index (χ1v) is 6.51. The summed E-state index contributed by atoms with van der Waals surface area (Å²) in [7, 11) is 3.38. The Morgan fingerprint density at radius 1 is 1.24 bits per heavy atom. The second-order valence-electron chi connectivity index (χ2n) is 4.88. The second kappa shape index (κ2) is 6.26. The van der Waals surface area contributed by atoms with E-state index in [1.54, 1.807) is 38.4 Å². The van der Waals surface area contributed by atoms with Crippen LogP contribution in [0, 0.1) is 5.82 Å². The molecule has 0 saturated carbocycles. The van der Waals surface area contributed by atoms with Crippen LogP contribution in [0.1, 0.15) is 15.9 Å². The van der Waals surface area contributed by atoms with Crippen molar-refractivity contribution in [3.8, 4) is 5.75 Å². The smallest absolute Gasteiger partial charge is 0.253 e. The van der Waals surface area contributed by atoms with Gasteiger partial charge in [-0.15, -0.1) is 0 Å². The molecule has 2 rings (SSSR count). The molecule has 0 unspecified atom stereocenters. The number of phenols is 1. The number of phenolic OH excluding ortho intramolecular Hbond substituents is 1. The third-order valence-electron chi connectivity index (χ3n) is 3.07. The van der Waals surface area contributed by atoms with Gasteiger partial charge in [0.25, 0.3) is 5.91 Å². The molecule has 1 amide bonds. The number of hydrogen-bond acceptors (Lipinski definition) is 3. The number of para-hydroxylation sites is 1. The summed E-state index contributed by atoms with van der Waals surface area (Å²) in [6.07, 6.45) is 0. The van der Waals surface area contributed by atoms with E-state index in [2.05, 4.69) is 5.32 Å². The van der Waals surface area contributed by atoms with Crippen molar-refractivity contribution < 1.29 is 14.3 Å². The Bertz CT molecular complexity index is 656. The van der Waals surface area contributed by atoms with E-state index in [-0.39, 0.29) is 18.2 Å². The molecule has 0 aromatic heterocycles. The Hall–Kier alpha value is -2.56. The van der Waals surface area contributed by atoms with Gasteiger partial charge in [-0.2, -0.15) is 0 Å². The molecule has 0 saturated heterocycles. The van der Waals surface area contributed by atoms with Crippen molar-refractivity contribution in [1.29, 1.82) is 0 Å². The summed E-state index contributed by atoms with van der Waals surface area (Å²) >= 11 is 0. The minimum atomic E-state index is -0.647. The number of rotatable bonds is 4. The van der Waals surface area contributed by atoms with Crippen molar-refractivity contribution in [2.24, 2.45) is 0 Å². The van der Waals surface area contributed by atoms with Crippen LogP contribution in [-0.2, 0) is 6.54 Å². The molecule has 0 bridgehead atoms. The number of hydrogen-bond donors (Lipinski definition) is 2. The fourth-order valence-electron chi connectivity index (χ4n) is 1.92. The maximum Gasteiger partial charge on any atom is 0.253 e. The zero-order valence-corrected chi connectivity index (χ0v) is 11.9. The van der Waals surface area contributed by atoms with Crippen LogP contribution in [0.15, 0.2) is 42.5 Å². The van der Waals surface area contributed by atoms with Gasteiger partial charge in [-0.25, -0.2) is 4.39 Å². The zero-order valence-electron chi connectivity index (χ0n) is 11.9. The second-order valence-corrected chi connectivity index (χ2v) is 4.88. The standard InChI is InChI=1S/C16H17FN2O2/c1-19(2)16(21)11-5-3-7-13(9-11)18-10-12-6-4-8-14(17)15(12)20/h3-9,18,20H,10H2,1-2H3. The van der Waals surface area contributed by atoms with Crippen LogP contribution in [0.25, 0.3) is 0 Å². The Morgan fingerprint density at radius 2 is 1.95 bits per heavy atom. The van der Waals surface area contributed by atoms with E-state index < -0.39 is 5.82 Å². The molecule has 5 heteroatoms. The lowest BCUT2D eigenvalue weighted by Gasteiger charge is -2.12. The number of nitrogens with zero attached hydrogens (tertiary/aromatic N) is 1. The van der Waals surface area contributed by atoms with Crippen LogP contribution in [0.3, 0.4) is 0 Å². The molecule has 0 radical (unpaired) electrons.